The fourth-order valence-electron chi connectivity index (χ4n) is 3.39. The molecule has 3 aromatic rings. The van der Waals surface area contributed by atoms with E-state index in [9.17, 15) is 0 Å². The number of rotatable bonds is 6. The number of halogens is 1. The highest BCUT2D eigenvalue weighted by molar-refractivity contribution is 6.30. The van der Waals surface area contributed by atoms with Crippen LogP contribution in [0.25, 0.3) is 16.6 Å². The second-order valence-corrected chi connectivity index (χ2v) is 6.53. The van der Waals surface area contributed by atoms with Crippen LogP contribution in [-0.4, -0.2) is 9.55 Å². The lowest BCUT2D eigenvalue weighted by atomic mass is 9.90. The molecule has 0 fully saturated rings. The largest absolute Gasteiger partial charge is 0.315 e. The molecule has 0 radical (unpaired) electrons. The molecule has 2 aromatic heterocycles. The molecule has 0 saturated carbocycles. The molecule has 1 aromatic carbocycles. The van der Waals surface area contributed by atoms with Crippen molar-refractivity contribution in [2.75, 3.05) is 0 Å². The van der Waals surface area contributed by atoms with E-state index in [0.717, 1.165) is 10.7 Å². The lowest BCUT2D eigenvalue weighted by Gasteiger charge is -2.14. The van der Waals surface area contributed by atoms with Crippen LogP contribution < -0.4 is 0 Å². The van der Waals surface area contributed by atoms with E-state index in [2.05, 4.69) is 47.8 Å². The van der Waals surface area contributed by atoms with Crippen LogP contribution in [0.15, 0.2) is 48.9 Å². The van der Waals surface area contributed by atoms with Crippen molar-refractivity contribution in [3.05, 3.63) is 59.5 Å². The van der Waals surface area contributed by atoms with Gasteiger partial charge in [0.15, 0.2) is 0 Å². The third-order valence-electron chi connectivity index (χ3n) is 4.46. The van der Waals surface area contributed by atoms with Crippen molar-refractivity contribution in [3.63, 3.8) is 0 Å². The minimum absolute atomic E-state index is 0.614. The average Bonchev–Trinajstić information content (AvgIpc) is 2.95. The first-order valence-electron chi connectivity index (χ1n) is 8.45. The summed E-state index contributed by atoms with van der Waals surface area (Å²) in [5.74, 6) is 0.614. The van der Waals surface area contributed by atoms with Crippen LogP contribution in [-0.2, 0) is 0 Å². The van der Waals surface area contributed by atoms with Crippen LogP contribution >= 0.6 is 11.6 Å². The van der Waals surface area contributed by atoms with E-state index in [-0.39, 0.29) is 0 Å². The number of fused-ring (bicyclic) bond motifs is 1. The Hall–Kier alpha value is -1.80. The molecule has 0 aliphatic rings. The van der Waals surface area contributed by atoms with Crippen LogP contribution in [0.4, 0.5) is 0 Å². The standard InChI is InChI=1S/C20H23ClN2/c1-3-5-15(6-4-2)19-14-23(17-9-7-16(21)8-10-17)20-13-22-12-11-18(19)20/h7-15H,3-6H2,1-2H3. The monoisotopic (exact) mass is 326 g/mol. The number of aromatic nitrogens is 2. The fraction of sp³-hybridized carbons (Fsp3) is 0.350. The summed E-state index contributed by atoms with van der Waals surface area (Å²) in [5, 5.41) is 2.08. The highest BCUT2D eigenvalue weighted by Crippen LogP contribution is 2.34. The zero-order chi connectivity index (χ0) is 16.2. The van der Waals surface area contributed by atoms with Gasteiger partial charge >= 0.3 is 0 Å². The van der Waals surface area contributed by atoms with Gasteiger partial charge in [-0.2, -0.15) is 0 Å². The minimum atomic E-state index is 0.614. The van der Waals surface area contributed by atoms with Crippen molar-refractivity contribution >= 4 is 22.5 Å². The van der Waals surface area contributed by atoms with Crippen LogP contribution in [0.1, 0.15) is 51.0 Å². The zero-order valence-corrected chi connectivity index (χ0v) is 14.6. The van der Waals surface area contributed by atoms with Gasteiger partial charge in [-0.05, 0) is 54.7 Å². The Morgan fingerprint density at radius 3 is 2.39 bits per heavy atom. The van der Waals surface area contributed by atoms with E-state index >= 15 is 0 Å². The van der Waals surface area contributed by atoms with Crippen LogP contribution in [0.5, 0.6) is 0 Å². The smallest absolute Gasteiger partial charge is 0.0715 e. The van der Waals surface area contributed by atoms with Crippen molar-refractivity contribution in [3.8, 4) is 5.69 Å². The van der Waals surface area contributed by atoms with E-state index in [1.54, 1.807) is 0 Å². The summed E-state index contributed by atoms with van der Waals surface area (Å²) in [6.07, 6.45) is 11.0. The van der Waals surface area contributed by atoms with Gasteiger partial charge in [0, 0.05) is 28.5 Å². The first kappa shape index (κ1) is 16.1. The van der Waals surface area contributed by atoms with E-state index in [0.29, 0.717) is 5.92 Å². The lowest BCUT2D eigenvalue weighted by Crippen LogP contribution is -1.97. The maximum Gasteiger partial charge on any atom is 0.0715 e. The van der Waals surface area contributed by atoms with E-state index in [1.165, 1.54) is 42.1 Å². The van der Waals surface area contributed by atoms with Gasteiger partial charge in [0.1, 0.15) is 0 Å². The molecule has 23 heavy (non-hydrogen) atoms. The number of hydrogen-bond acceptors (Lipinski definition) is 1. The van der Waals surface area contributed by atoms with Crippen molar-refractivity contribution < 1.29 is 0 Å². The Morgan fingerprint density at radius 1 is 1.04 bits per heavy atom. The maximum atomic E-state index is 6.03. The predicted molar refractivity (Wildman–Crippen MR) is 98.6 cm³/mol. The van der Waals surface area contributed by atoms with Gasteiger partial charge in [-0.15, -0.1) is 0 Å². The molecule has 0 saturated heterocycles. The molecular weight excluding hydrogens is 304 g/mol. The molecule has 0 bridgehead atoms. The molecule has 3 heteroatoms. The van der Waals surface area contributed by atoms with Crippen molar-refractivity contribution in [2.24, 2.45) is 0 Å². The van der Waals surface area contributed by atoms with Gasteiger partial charge in [-0.25, -0.2) is 0 Å². The molecule has 0 N–H and O–H groups in total. The summed E-state index contributed by atoms with van der Waals surface area (Å²) in [6.45, 7) is 4.53. The molecular formula is C20H23ClN2. The fourth-order valence-corrected chi connectivity index (χ4v) is 3.52. The minimum Gasteiger partial charge on any atom is -0.315 e. The average molecular weight is 327 g/mol. The van der Waals surface area contributed by atoms with Crippen molar-refractivity contribution in [1.29, 1.82) is 0 Å². The Balaban J connectivity index is 2.14. The molecule has 0 aliphatic carbocycles. The summed E-state index contributed by atoms with van der Waals surface area (Å²) in [5.41, 5.74) is 3.74. The molecule has 120 valence electrons. The second-order valence-electron chi connectivity index (χ2n) is 6.10. The van der Waals surface area contributed by atoms with Gasteiger partial charge in [-0.1, -0.05) is 38.3 Å². The van der Waals surface area contributed by atoms with Gasteiger partial charge in [0.2, 0.25) is 0 Å². The number of benzene rings is 1. The molecule has 2 heterocycles. The van der Waals surface area contributed by atoms with Crippen molar-refractivity contribution in [1.82, 2.24) is 9.55 Å². The normalized spacial score (nSPS) is 11.5. The first-order chi connectivity index (χ1) is 11.2. The van der Waals surface area contributed by atoms with Gasteiger partial charge in [0.25, 0.3) is 0 Å². The summed E-state index contributed by atoms with van der Waals surface area (Å²) in [6, 6.07) is 10.2. The highest BCUT2D eigenvalue weighted by atomic mass is 35.5. The summed E-state index contributed by atoms with van der Waals surface area (Å²) in [7, 11) is 0. The molecule has 0 amide bonds. The SMILES string of the molecule is CCCC(CCC)c1cn(-c2ccc(Cl)cc2)c2cnccc12. The van der Waals surface area contributed by atoms with Crippen LogP contribution in [0.3, 0.4) is 0 Å². The number of hydrogen-bond donors (Lipinski definition) is 0. The Labute approximate surface area is 143 Å². The number of pyridine rings is 1. The highest BCUT2D eigenvalue weighted by Gasteiger charge is 2.17. The zero-order valence-electron chi connectivity index (χ0n) is 13.8. The Bertz CT molecular complexity index is 768. The van der Waals surface area contributed by atoms with Crippen LogP contribution in [0, 0.1) is 0 Å². The van der Waals surface area contributed by atoms with E-state index < -0.39 is 0 Å². The maximum absolute atomic E-state index is 6.03. The van der Waals surface area contributed by atoms with Crippen molar-refractivity contribution in [2.45, 2.75) is 45.4 Å². The quantitative estimate of drug-likeness (QED) is 0.515. The molecule has 3 rings (SSSR count). The van der Waals surface area contributed by atoms with E-state index in [4.69, 9.17) is 11.6 Å². The Kier molecular flexibility index (Phi) is 5.02. The predicted octanol–water partition coefficient (Wildman–Crippen LogP) is 6.36. The van der Waals surface area contributed by atoms with Crippen LogP contribution in [0.2, 0.25) is 5.02 Å². The molecule has 0 unspecified atom stereocenters. The third kappa shape index (κ3) is 3.28. The summed E-state index contributed by atoms with van der Waals surface area (Å²) >= 11 is 6.03. The Morgan fingerprint density at radius 2 is 1.74 bits per heavy atom. The van der Waals surface area contributed by atoms with E-state index in [1.807, 2.05) is 24.5 Å². The third-order valence-corrected chi connectivity index (χ3v) is 4.71. The van der Waals surface area contributed by atoms with Gasteiger partial charge < -0.3 is 4.57 Å². The topological polar surface area (TPSA) is 17.8 Å². The molecule has 0 atom stereocenters. The van der Waals surface area contributed by atoms with Gasteiger partial charge in [-0.3, -0.25) is 4.98 Å². The molecule has 0 spiro atoms. The lowest BCUT2D eigenvalue weighted by molar-refractivity contribution is 0.563. The molecule has 0 aliphatic heterocycles. The van der Waals surface area contributed by atoms with Gasteiger partial charge in [0.05, 0.1) is 11.7 Å². The second kappa shape index (κ2) is 7.18. The molecule has 2 nitrogen and oxygen atoms in total. The number of nitrogens with zero attached hydrogens (tertiary/aromatic N) is 2. The summed E-state index contributed by atoms with van der Waals surface area (Å²) < 4.78 is 2.24. The first-order valence-corrected chi connectivity index (χ1v) is 8.83. The summed E-state index contributed by atoms with van der Waals surface area (Å²) in [4.78, 5) is 4.33.